The van der Waals surface area contributed by atoms with Gasteiger partial charge in [-0.2, -0.15) is 0 Å². The third-order valence-electron chi connectivity index (χ3n) is 2.66. The molecule has 0 saturated heterocycles. The van der Waals surface area contributed by atoms with Crippen molar-refractivity contribution in [2.75, 3.05) is 18.8 Å². The average Bonchev–Trinajstić information content (AvgIpc) is 2.86. The highest BCUT2D eigenvalue weighted by Crippen LogP contribution is 2.28. The molecular formula is C12H15N3OS2. The van der Waals surface area contributed by atoms with Gasteiger partial charge in [-0.3, -0.25) is 4.79 Å². The predicted molar refractivity (Wildman–Crippen MR) is 76.1 cm³/mol. The SMILES string of the molecule is CCN(CC)C(=O)CSc1ncnc2ccsc12. The number of thioether (sulfide) groups is 1. The van der Waals surface area contributed by atoms with E-state index in [4.69, 9.17) is 0 Å². The summed E-state index contributed by atoms with van der Waals surface area (Å²) >= 11 is 3.10. The number of rotatable bonds is 5. The van der Waals surface area contributed by atoms with Gasteiger partial charge < -0.3 is 4.90 Å². The number of carbonyl (C=O) groups is 1. The molecule has 0 spiro atoms. The Balaban J connectivity index is 2.06. The lowest BCUT2D eigenvalue weighted by molar-refractivity contribution is -0.127. The lowest BCUT2D eigenvalue weighted by atomic mass is 10.5. The fraction of sp³-hybridized carbons (Fsp3) is 0.417. The zero-order valence-electron chi connectivity index (χ0n) is 10.4. The molecule has 2 aromatic heterocycles. The second kappa shape index (κ2) is 6.15. The summed E-state index contributed by atoms with van der Waals surface area (Å²) in [5, 5.41) is 2.89. The Morgan fingerprint density at radius 3 is 2.89 bits per heavy atom. The van der Waals surface area contributed by atoms with Gasteiger partial charge in [-0.05, 0) is 25.3 Å². The van der Waals surface area contributed by atoms with E-state index in [9.17, 15) is 4.79 Å². The molecule has 1 amide bonds. The maximum atomic E-state index is 11.9. The van der Waals surface area contributed by atoms with E-state index in [1.165, 1.54) is 11.8 Å². The van der Waals surface area contributed by atoms with Gasteiger partial charge in [0.2, 0.25) is 5.91 Å². The Bertz CT molecular complexity index is 537. The first-order valence-electron chi connectivity index (χ1n) is 5.85. The first-order chi connectivity index (χ1) is 8.76. The summed E-state index contributed by atoms with van der Waals surface area (Å²) in [5.74, 6) is 0.597. The molecular weight excluding hydrogens is 266 g/mol. The average molecular weight is 281 g/mol. The summed E-state index contributed by atoms with van der Waals surface area (Å²) in [5.41, 5.74) is 0.952. The summed E-state index contributed by atoms with van der Waals surface area (Å²) in [6, 6.07) is 1.97. The summed E-state index contributed by atoms with van der Waals surface area (Å²) < 4.78 is 1.06. The fourth-order valence-electron chi connectivity index (χ4n) is 1.67. The number of nitrogens with zero attached hydrogens (tertiary/aromatic N) is 3. The number of aromatic nitrogens is 2. The molecule has 2 heterocycles. The monoisotopic (exact) mass is 281 g/mol. The topological polar surface area (TPSA) is 46.1 Å². The standard InChI is InChI=1S/C12H15N3OS2/c1-3-15(4-2)10(16)7-18-12-11-9(5-6-17-11)13-8-14-12/h5-6,8H,3-4,7H2,1-2H3. The molecule has 0 aliphatic heterocycles. The van der Waals surface area contributed by atoms with Crippen LogP contribution in [0.25, 0.3) is 10.2 Å². The van der Waals surface area contributed by atoms with Crippen LogP contribution in [-0.4, -0.2) is 39.6 Å². The minimum absolute atomic E-state index is 0.160. The Morgan fingerprint density at radius 2 is 2.17 bits per heavy atom. The number of carbonyl (C=O) groups excluding carboxylic acids is 1. The first kappa shape index (κ1) is 13.3. The Hall–Kier alpha value is -1.14. The van der Waals surface area contributed by atoms with Crippen molar-refractivity contribution in [1.82, 2.24) is 14.9 Å². The van der Waals surface area contributed by atoms with Gasteiger partial charge in [-0.25, -0.2) is 9.97 Å². The number of thiophene rings is 1. The molecule has 0 aliphatic rings. The van der Waals surface area contributed by atoms with E-state index in [2.05, 4.69) is 9.97 Å². The van der Waals surface area contributed by atoms with Gasteiger partial charge in [0.1, 0.15) is 11.4 Å². The van der Waals surface area contributed by atoms with Crippen LogP contribution in [0.5, 0.6) is 0 Å². The van der Waals surface area contributed by atoms with Gasteiger partial charge in [-0.15, -0.1) is 11.3 Å². The second-order valence-corrected chi connectivity index (χ2v) is 5.55. The van der Waals surface area contributed by atoms with E-state index >= 15 is 0 Å². The van der Waals surface area contributed by atoms with Crippen molar-refractivity contribution in [1.29, 1.82) is 0 Å². The van der Waals surface area contributed by atoms with Crippen molar-refractivity contribution in [2.45, 2.75) is 18.9 Å². The van der Waals surface area contributed by atoms with Crippen LogP contribution in [0.4, 0.5) is 0 Å². The molecule has 0 atom stereocenters. The van der Waals surface area contributed by atoms with Crippen molar-refractivity contribution < 1.29 is 4.79 Å². The highest BCUT2D eigenvalue weighted by Gasteiger charge is 2.12. The molecule has 2 rings (SSSR count). The van der Waals surface area contributed by atoms with Crippen molar-refractivity contribution >= 4 is 39.2 Å². The molecule has 0 N–H and O–H groups in total. The predicted octanol–water partition coefficient (Wildman–Crippen LogP) is 2.65. The summed E-state index contributed by atoms with van der Waals surface area (Å²) in [7, 11) is 0. The van der Waals surface area contributed by atoms with E-state index in [0.717, 1.165) is 28.3 Å². The minimum atomic E-state index is 0.160. The summed E-state index contributed by atoms with van der Waals surface area (Å²) in [6.45, 7) is 5.50. The van der Waals surface area contributed by atoms with Crippen LogP contribution in [-0.2, 0) is 4.79 Å². The molecule has 0 saturated carbocycles. The largest absolute Gasteiger partial charge is 0.343 e. The van der Waals surface area contributed by atoms with Crippen LogP contribution in [0.2, 0.25) is 0 Å². The van der Waals surface area contributed by atoms with Crippen LogP contribution < -0.4 is 0 Å². The van der Waals surface area contributed by atoms with Gasteiger partial charge in [0, 0.05) is 13.1 Å². The highest BCUT2D eigenvalue weighted by atomic mass is 32.2. The van der Waals surface area contributed by atoms with E-state index < -0.39 is 0 Å². The molecule has 18 heavy (non-hydrogen) atoms. The number of hydrogen-bond donors (Lipinski definition) is 0. The molecule has 6 heteroatoms. The van der Waals surface area contributed by atoms with Crippen molar-refractivity contribution in [3.8, 4) is 0 Å². The van der Waals surface area contributed by atoms with Crippen LogP contribution in [0.3, 0.4) is 0 Å². The zero-order valence-corrected chi connectivity index (χ0v) is 12.1. The van der Waals surface area contributed by atoms with Crippen LogP contribution in [0.1, 0.15) is 13.8 Å². The molecule has 4 nitrogen and oxygen atoms in total. The van der Waals surface area contributed by atoms with Gasteiger partial charge in [0.15, 0.2) is 0 Å². The molecule has 0 unspecified atom stereocenters. The highest BCUT2D eigenvalue weighted by molar-refractivity contribution is 8.00. The van der Waals surface area contributed by atoms with E-state index in [-0.39, 0.29) is 5.91 Å². The zero-order chi connectivity index (χ0) is 13.0. The molecule has 0 aromatic carbocycles. The Kier molecular flexibility index (Phi) is 4.54. The van der Waals surface area contributed by atoms with E-state index in [0.29, 0.717) is 5.75 Å². The van der Waals surface area contributed by atoms with Crippen LogP contribution in [0.15, 0.2) is 22.8 Å². The fourth-order valence-corrected chi connectivity index (χ4v) is 3.52. The van der Waals surface area contributed by atoms with Gasteiger partial charge in [-0.1, -0.05) is 11.8 Å². The van der Waals surface area contributed by atoms with Crippen molar-refractivity contribution in [2.24, 2.45) is 0 Å². The Morgan fingerprint density at radius 1 is 1.39 bits per heavy atom. The maximum Gasteiger partial charge on any atom is 0.232 e. The van der Waals surface area contributed by atoms with Gasteiger partial charge >= 0.3 is 0 Å². The Labute approximate surface area is 114 Å². The molecule has 96 valence electrons. The van der Waals surface area contributed by atoms with Crippen molar-refractivity contribution in [3.05, 3.63) is 17.8 Å². The van der Waals surface area contributed by atoms with E-state index in [1.807, 2.05) is 30.2 Å². The number of hydrogen-bond acceptors (Lipinski definition) is 5. The third-order valence-corrected chi connectivity index (χ3v) is 4.67. The lowest BCUT2D eigenvalue weighted by Crippen LogP contribution is -2.31. The van der Waals surface area contributed by atoms with Crippen LogP contribution >= 0.6 is 23.1 Å². The maximum absolute atomic E-state index is 11.9. The van der Waals surface area contributed by atoms with Gasteiger partial charge in [0.25, 0.3) is 0 Å². The quantitative estimate of drug-likeness (QED) is 0.624. The minimum Gasteiger partial charge on any atom is -0.343 e. The second-order valence-electron chi connectivity index (χ2n) is 3.67. The lowest BCUT2D eigenvalue weighted by Gasteiger charge is -2.17. The molecule has 0 bridgehead atoms. The molecule has 0 aliphatic carbocycles. The smallest absolute Gasteiger partial charge is 0.232 e. The summed E-state index contributed by atoms with van der Waals surface area (Å²) in [6.07, 6.45) is 1.55. The van der Waals surface area contributed by atoms with Gasteiger partial charge in [0.05, 0.1) is 16.0 Å². The number of amides is 1. The summed E-state index contributed by atoms with van der Waals surface area (Å²) in [4.78, 5) is 22.2. The molecule has 0 fully saturated rings. The van der Waals surface area contributed by atoms with Crippen molar-refractivity contribution in [3.63, 3.8) is 0 Å². The molecule has 0 radical (unpaired) electrons. The normalized spacial score (nSPS) is 10.8. The third kappa shape index (κ3) is 2.81. The number of fused-ring (bicyclic) bond motifs is 1. The van der Waals surface area contributed by atoms with E-state index in [1.54, 1.807) is 17.7 Å². The molecule has 2 aromatic rings. The van der Waals surface area contributed by atoms with Crippen LogP contribution in [0, 0.1) is 0 Å². The first-order valence-corrected chi connectivity index (χ1v) is 7.71.